The summed E-state index contributed by atoms with van der Waals surface area (Å²) < 4.78 is 6.05. The van der Waals surface area contributed by atoms with Gasteiger partial charge in [-0.3, -0.25) is 0 Å². The van der Waals surface area contributed by atoms with Crippen molar-refractivity contribution in [1.29, 1.82) is 0 Å². The van der Waals surface area contributed by atoms with E-state index in [1.807, 2.05) is 12.4 Å². The Labute approximate surface area is 143 Å². The Hall–Kier alpha value is -1.78. The molecule has 2 aromatic rings. The summed E-state index contributed by atoms with van der Waals surface area (Å²) >= 11 is 0. The Morgan fingerprint density at radius 1 is 1.08 bits per heavy atom. The van der Waals surface area contributed by atoms with Gasteiger partial charge < -0.3 is 9.64 Å². The van der Waals surface area contributed by atoms with Gasteiger partial charge in [-0.1, -0.05) is 30.3 Å². The first-order valence-electron chi connectivity index (χ1n) is 8.93. The molecule has 2 aliphatic rings. The van der Waals surface area contributed by atoms with Gasteiger partial charge in [0.1, 0.15) is 6.33 Å². The van der Waals surface area contributed by atoms with Crippen LogP contribution in [0.25, 0.3) is 0 Å². The van der Waals surface area contributed by atoms with Crippen molar-refractivity contribution in [2.45, 2.75) is 31.8 Å². The van der Waals surface area contributed by atoms with Gasteiger partial charge in [0.05, 0.1) is 12.7 Å². The molecule has 4 nitrogen and oxygen atoms in total. The number of ether oxygens (including phenoxy) is 1. The largest absolute Gasteiger partial charge is 0.377 e. The van der Waals surface area contributed by atoms with E-state index in [-0.39, 0.29) is 0 Å². The molecule has 1 atom stereocenters. The minimum atomic E-state index is 0.336. The Bertz CT molecular complexity index is 640. The minimum Gasteiger partial charge on any atom is -0.377 e. The summed E-state index contributed by atoms with van der Waals surface area (Å²) in [4.78, 5) is 10.8. The van der Waals surface area contributed by atoms with Crippen LogP contribution >= 0.6 is 0 Å². The highest BCUT2D eigenvalue weighted by Gasteiger charge is 2.48. The molecule has 4 heteroatoms. The predicted octanol–water partition coefficient (Wildman–Crippen LogP) is 2.74. The van der Waals surface area contributed by atoms with Crippen LogP contribution in [0.4, 0.5) is 0 Å². The number of aryl methyl sites for hydroxylation is 1. The molecule has 1 spiro atoms. The molecule has 0 radical (unpaired) electrons. The third kappa shape index (κ3) is 3.65. The van der Waals surface area contributed by atoms with Gasteiger partial charge in [0.15, 0.2) is 0 Å². The molecule has 24 heavy (non-hydrogen) atoms. The summed E-state index contributed by atoms with van der Waals surface area (Å²) in [5, 5.41) is 0. The predicted molar refractivity (Wildman–Crippen MR) is 93.7 cm³/mol. The fraction of sp³-hybridized carbons (Fsp3) is 0.500. The van der Waals surface area contributed by atoms with Crippen molar-refractivity contribution in [3.05, 3.63) is 60.2 Å². The highest BCUT2D eigenvalue weighted by atomic mass is 16.5. The molecule has 2 aliphatic heterocycles. The number of hydrogen-bond donors (Lipinski definition) is 0. The summed E-state index contributed by atoms with van der Waals surface area (Å²) in [6.45, 7) is 4.52. The van der Waals surface area contributed by atoms with Crippen LogP contribution in [0.5, 0.6) is 0 Å². The van der Waals surface area contributed by atoms with E-state index >= 15 is 0 Å². The molecule has 0 bridgehead atoms. The number of hydrogen-bond acceptors (Lipinski definition) is 4. The van der Waals surface area contributed by atoms with Crippen molar-refractivity contribution >= 4 is 0 Å². The van der Waals surface area contributed by atoms with Gasteiger partial charge in [0.25, 0.3) is 0 Å². The molecule has 4 rings (SSSR count). The maximum atomic E-state index is 6.05. The fourth-order valence-electron chi connectivity index (χ4n) is 4.16. The molecule has 0 saturated carbocycles. The molecule has 3 heterocycles. The van der Waals surface area contributed by atoms with Crippen LogP contribution in [0.2, 0.25) is 0 Å². The maximum Gasteiger partial charge on any atom is 0.115 e. The maximum absolute atomic E-state index is 6.05. The van der Waals surface area contributed by atoms with E-state index in [0.717, 1.165) is 13.0 Å². The lowest BCUT2D eigenvalue weighted by atomic mass is 9.77. The van der Waals surface area contributed by atoms with Gasteiger partial charge >= 0.3 is 0 Å². The van der Waals surface area contributed by atoms with E-state index in [1.54, 1.807) is 6.33 Å². The van der Waals surface area contributed by atoms with Gasteiger partial charge in [-0.15, -0.1) is 0 Å². The van der Waals surface area contributed by atoms with Crippen LogP contribution in [0.3, 0.4) is 0 Å². The third-order valence-electron chi connectivity index (χ3n) is 5.26. The van der Waals surface area contributed by atoms with Crippen LogP contribution in [-0.2, 0) is 17.6 Å². The molecular weight excluding hydrogens is 298 g/mol. The molecule has 126 valence electrons. The second kappa shape index (κ2) is 6.99. The summed E-state index contributed by atoms with van der Waals surface area (Å²) in [6, 6.07) is 10.8. The first-order chi connectivity index (χ1) is 11.8. The van der Waals surface area contributed by atoms with Gasteiger partial charge in [0, 0.05) is 37.3 Å². The molecule has 0 aliphatic carbocycles. The van der Waals surface area contributed by atoms with Crippen molar-refractivity contribution in [1.82, 2.24) is 14.9 Å². The zero-order valence-corrected chi connectivity index (χ0v) is 14.1. The lowest BCUT2D eigenvalue weighted by Crippen LogP contribution is -2.57. The Kier molecular flexibility index (Phi) is 4.58. The summed E-state index contributed by atoms with van der Waals surface area (Å²) in [6.07, 6.45) is 10.3. The zero-order chi connectivity index (χ0) is 16.2. The van der Waals surface area contributed by atoms with Crippen LogP contribution < -0.4 is 0 Å². The summed E-state index contributed by atoms with van der Waals surface area (Å²) in [5.74, 6) is 0. The van der Waals surface area contributed by atoms with Crippen LogP contribution in [0, 0.1) is 5.41 Å². The minimum absolute atomic E-state index is 0.336. The summed E-state index contributed by atoms with van der Waals surface area (Å²) in [7, 11) is 0. The van der Waals surface area contributed by atoms with Crippen molar-refractivity contribution in [2.75, 3.05) is 26.2 Å². The average Bonchev–Trinajstić information content (AvgIpc) is 3.00. The Morgan fingerprint density at radius 3 is 2.67 bits per heavy atom. The zero-order valence-electron chi connectivity index (χ0n) is 14.1. The van der Waals surface area contributed by atoms with Crippen molar-refractivity contribution in [3.8, 4) is 0 Å². The Morgan fingerprint density at radius 2 is 1.88 bits per heavy atom. The van der Waals surface area contributed by atoms with Crippen LogP contribution in [0.15, 0.2) is 49.1 Å². The van der Waals surface area contributed by atoms with Gasteiger partial charge in [-0.25, -0.2) is 9.97 Å². The summed E-state index contributed by atoms with van der Waals surface area (Å²) in [5.41, 5.74) is 3.04. The normalized spacial score (nSPS) is 22.6. The number of benzene rings is 1. The smallest absolute Gasteiger partial charge is 0.115 e. The van der Waals surface area contributed by atoms with Gasteiger partial charge in [-0.2, -0.15) is 0 Å². The van der Waals surface area contributed by atoms with Crippen LogP contribution in [-0.4, -0.2) is 47.2 Å². The van der Waals surface area contributed by atoms with Crippen molar-refractivity contribution in [2.24, 2.45) is 5.41 Å². The second-order valence-corrected chi connectivity index (χ2v) is 7.39. The van der Waals surface area contributed by atoms with E-state index in [4.69, 9.17) is 4.74 Å². The first kappa shape index (κ1) is 15.7. The van der Waals surface area contributed by atoms with E-state index < -0.39 is 0 Å². The van der Waals surface area contributed by atoms with Gasteiger partial charge in [-0.05, 0) is 36.9 Å². The second-order valence-electron chi connectivity index (χ2n) is 7.39. The fourth-order valence-corrected chi connectivity index (χ4v) is 4.16. The van der Waals surface area contributed by atoms with E-state index in [2.05, 4.69) is 45.2 Å². The molecule has 0 amide bonds. The first-order valence-corrected chi connectivity index (χ1v) is 8.93. The lowest BCUT2D eigenvalue weighted by Gasteiger charge is -2.47. The number of aromatic nitrogens is 2. The van der Waals surface area contributed by atoms with E-state index in [1.165, 1.54) is 50.0 Å². The third-order valence-corrected chi connectivity index (χ3v) is 5.26. The molecule has 2 saturated heterocycles. The van der Waals surface area contributed by atoms with Crippen molar-refractivity contribution in [3.63, 3.8) is 0 Å². The van der Waals surface area contributed by atoms with Crippen LogP contribution in [0.1, 0.15) is 24.0 Å². The molecular formula is C20H25N3O. The monoisotopic (exact) mass is 323 g/mol. The number of nitrogens with zero attached hydrogens (tertiary/aromatic N) is 3. The Balaban J connectivity index is 1.18. The molecule has 1 aromatic heterocycles. The highest BCUT2D eigenvalue weighted by molar-refractivity contribution is 5.14. The molecule has 2 fully saturated rings. The number of likely N-dealkylation sites (tertiary alicyclic amines) is 1. The van der Waals surface area contributed by atoms with Gasteiger partial charge in [0.2, 0.25) is 0 Å². The lowest BCUT2D eigenvalue weighted by molar-refractivity contribution is -0.00898. The topological polar surface area (TPSA) is 38.2 Å². The molecule has 0 unspecified atom stereocenters. The molecule has 1 aromatic carbocycles. The standard InChI is InChI=1S/C20H25N3O/c1-2-5-17(6-3-1)7-4-8-23-13-20(14-23)10-19(24-15-20)9-18-11-21-16-22-12-18/h1-3,5-6,11-12,16,19H,4,7-10,13-15H2/t19-/m0/s1. The average molecular weight is 323 g/mol. The van der Waals surface area contributed by atoms with E-state index in [0.29, 0.717) is 11.5 Å². The molecule has 0 N–H and O–H groups in total. The van der Waals surface area contributed by atoms with E-state index in [9.17, 15) is 0 Å². The quantitative estimate of drug-likeness (QED) is 0.819. The highest BCUT2D eigenvalue weighted by Crippen LogP contribution is 2.41. The number of rotatable bonds is 6. The van der Waals surface area contributed by atoms with Crippen molar-refractivity contribution < 1.29 is 4.74 Å². The SMILES string of the molecule is c1ccc(CCCN2CC3(CO[C@@H](Cc4cncnc4)C3)C2)cc1.